The molecule has 88 valence electrons. The summed E-state index contributed by atoms with van der Waals surface area (Å²) in [6.07, 6.45) is 0.529. The quantitative estimate of drug-likeness (QED) is 0.895. The van der Waals surface area contributed by atoms with Crippen molar-refractivity contribution in [1.82, 2.24) is 5.32 Å². The van der Waals surface area contributed by atoms with Gasteiger partial charge in [-0.15, -0.1) is 0 Å². The van der Waals surface area contributed by atoms with Crippen molar-refractivity contribution in [2.75, 3.05) is 6.54 Å². The second-order valence-electron chi connectivity index (χ2n) is 4.14. The molecule has 1 unspecified atom stereocenters. The van der Waals surface area contributed by atoms with E-state index in [4.69, 9.17) is 0 Å². The van der Waals surface area contributed by atoms with E-state index in [-0.39, 0.29) is 5.56 Å². The molecule has 0 radical (unpaired) electrons. The smallest absolute Gasteiger partial charge is 0.264 e. The van der Waals surface area contributed by atoms with Crippen molar-refractivity contribution >= 4 is 15.9 Å². The van der Waals surface area contributed by atoms with Crippen molar-refractivity contribution in [3.63, 3.8) is 0 Å². The van der Waals surface area contributed by atoms with Gasteiger partial charge in [0.2, 0.25) is 0 Å². The van der Waals surface area contributed by atoms with Crippen LogP contribution in [-0.2, 0) is 6.42 Å². The molecule has 1 aliphatic heterocycles. The van der Waals surface area contributed by atoms with Gasteiger partial charge in [-0.05, 0) is 43.5 Å². The van der Waals surface area contributed by atoms with E-state index in [0.717, 1.165) is 29.4 Å². The Kier molecular flexibility index (Phi) is 3.92. The molecule has 4 heteroatoms. The molecule has 1 heterocycles. The maximum Gasteiger partial charge on any atom is 0.264 e. The Bertz CT molecular complexity index is 362. The van der Waals surface area contributed by atoms with E-state index >= 15 is 0 Å². The fourth-order valence-electron chi connectivity index (χ4n) is 2.16. The average Bonchev–Trinajstić information content (AvgIpc) is 2.70. The van der Waals surface area contributed by atoms with E-state index in [9.17, 15) is 8.78 Å². The number of hydrogen-bond acceptors (Lipinski definition) is 1. The predicted molar refractivity (Wildman–Crippen MR) is 63.8 cm³/mol. The highest BCUT2D eigenvalue weighted by atomic mass is 79.9. The number of alkyl halides is 2. The van der Waals surface area contributed by atoms with Crippen molar-refractivity contribution < 1.29 is 8.78 Å². The van der Waals surface area contributed by atoms with E-state index in [1.807, 2.05) is 6.07 Å². The summed E-state index contributed by atoms with van der Waals surface area (Å²) >= 11 is 3.33. The van der Waals surface area contributed by atoms with Crippen LogP contribution in [0.2, 0.25) is 0 Å². The Labute approximate surface area is 102 Å². The van der Waals surface area contributed by atoms with Crippen molar-refractivity contribution in [3.8, 4) is 0 Å². The van der Waals surface area contributed by atoms with Crippen LogP contribution in [0.25, 0.3) is 0 Å². The van der Waals surface area contributed by atoms with Gasteiger partial charge in [-0.1, -0.05) is 22.0 Å². The lowest BCUT2D eigenvalue weighted by atomic mass is 9.99. The number of nitrogens with one attached hydrogen (secondary N) is 1. The molecule has 1 aromatic carbocycles. The Morgan fingerprint density at radius 2 is 2.25 bits per heavy atom. The third-order valence-corrected chi connectivity index (χ3v) is 3.46. The highest BCUT2D eigenvalue weighted by molar-refractivity contribution is 9.10. The first-order chi connectivity index (χ1) is 7.66. The Hall–Kier alpha value is -0.480. The van der Waals surface area contributed by atoms with Gasteiger partial charge in [-0.3, -0.25) is 0 Å². The summed E-state index contributed by atoms with van der Waals surface area (Å²) in [6, 6.07) is 5.35. The molecule has 0 amide bonds. The summed E-state index contributed by atoms with van der Waals surface area (Å²) < 4.78 is 26.5. The molecule has 0 bridgehead atoms. The topological polar surface area (TPSA) is 12.0 Å². The fraction of sp³-hybridized carbons (Fsp3) is 0.500. The molecule has 2 rings (SSSR count). The van der Waals surface area contributed by atoms with E-state index in [2.05, 4.69) is 21.2 Å². The minimum Gasteiger partial charge on any atom is -0.314 e. The number of hydrogen-bond donors (Lipinski definition) is 1. The standard InChI is InChI=1S/C12H14BrF2N/c13-9-3-4-11(12(14)15)8(6-9)7-10-2-1-5-16-10/h3-4,6,10,12,16H,1-2,5,7H2. The van der Waals surface area contributed by atoms with Crippen LogP contribution in [0.3, 0.4) is 0 Å². The average molecular weight is 290 g/mol. The molecular formula is C12H14BrF2N. The first kappa shape index (κ1) is 12.0. The van der Waals surface area contributed by atoms with Gasteiger partial charge in [0.15, 0.2) is 0 Å². The van der Waals surface area contributed by atoms with Crippen molar-refractivity contribution in [2.24, 2.45) is 0 Å². The Morgan fingerprint density at radius 1 is 1.44 bits per heavy atom. The summed E-state index contributed by atoms with van der Waals surface area (Å²) in [5, 5.41) is 3.33. The molecule has 1 atom stereocenters. The minimum atomic E-state index is -2.38. The molecule has 0 aliphatic carbocycles. The molecule has 16 heavy (non-hydrogen) atoms. The lowest BCUT2D eigenvalue weighted by Gasteiger charge is -2.14. The van der Waals surface area contributed by atoms with Gasteiger partial charge in [0.25, 0.3) is 6.43 Å². The zero-order valence-corrected chi connectivity index (χ0v) is 10.4. The second-order valence-corrected chi connectivity index (χ2v) is 5.06. The molecule has 1 nitrogen and oxygen atoms in total. The third-order valence-electron chi connectivity index (χ3n) is 2.97. The van der Waals surface area contributed by atoms with Crippen LogP contribution in [0.5, 0.6) is 0 Å². The maximum absolute atomic E-state index is 12.8. The van der Waals surface area contributed by atoms with Gasteiger partial charge in [0.1, 0.15) is 0 Å². The molecule has 1 fully saturated rings. The van der Waals surface area contributed by atoms with Crippen LogP contribution >= 0.6 is 15.9 Å². The van der Waals surface area contributed by atoms with Crippen molar-refractivity contribution in [3.05, 3.63) is 33.8 Å². The molecule has 0 saturated carbocycles. The Balaban J connectivity index is 2.19. The first-order valence-electron chi connectivity index (χ1n) is 5.46. The Morgan fingerprint density at radius 3 is 2.88 bits per heavy atom. The minimum absolute atomic E-state index is 0.164. The summed E-state index contributed by atoms with van der Waals surface area (Å²) in [5.41, 5.74) is 0.917. The number of rotatable bonds is 3. The van der Waals surface area contributed by atoms with Gasteiger partial charge in [0, 0.05) is 16.1 Å². The van der Waals surface area contributed by atoms with Gasteiger partial charge >= 0.3 is 0 Å². The van der Waals surface area contributed by atoms with Crippen molar-refractivity contribution in [1.29, 1.82) is 0 Å². The van der Waals surface area contributed by atoms with Crippen LogP contribution in [0, 0.1) is 0 Å². The molecule has 1 aromatic rings. The van der Waals surface area contributed by atoms with Crippen LogP contribution in [0.1, 0.15) is 30.4 Å². The van der Waals surface area contributed by atoms with Crippen LogP contribution in [0.4, 0.5) is 8.78 Å². The van der Waals surface area contributed by atoms with E-state index in [1.54, 1.807) is 6.07 Å². The summed E-state index contributed by atoms with van der Waals surface area (Å²) in [6.45, 7) is 1.00. The maximum atomic E-state index is 12.8. The molecule has 1 N–H and O–H groups in total. The monoisotopic (exact) mass is 289 g/mol. The largest absolute Gasteiger partial charge is 0.314 e. The highest BCUT2D eigenvalue weighted by Crippen LogP contribution is 2.27. The molecule has 1 saturated heterocycles. The fourth-order valence-corrected chi connectivity index (χ4v) is 2.57. The third kappa shape index (κ3) is 2.80. The van der Waals surface area contributed by atoms with E-state index in [1.165, 1.54) is 6.07 Å². The zero-order chi connectivity index (χ0) is 11.5. The predicted octanol–water partition coefficient (Wildman–Crippen LogP) is 3.68. The summed E-state index contributed by atoms with van der Waals surface area (Å²) in [4.78, 5) is 0. The molecule has 0 aromatic heterocycles. The normalized spacial score (nSPS) is 20.6. The molecule has 0 spiro atoms. The van der Waals surface area contributed by atoms with Crippen LogP contribution in [0.15, 0.2) is 22.7 Å². The zero-order valence-electron chi connectivity index (χ0n) is 8.85. The lowest BCUT2D eigenvalue weighted by Crippen LogP contribution is -2.24. The summed E-state index contributed by atoms with van der Waals surface area (Å²) in [5.74, 6) is 0. The van der Waals surface area contributed by atoms with E-state index < -0.39 is 6.43 Å². The van der Waals surface area contributed by atoms with Crippen molar-refractivity contribution in [2.45, 2.75) is 31.7 Å². The highest BCUT2D eigenvalue weighted by Gasteiger charge is 2.19. The number of benzene rings is 1. The first-order valence-corrected chi connectivity index (χ1v) is 6.26. The number of halogens is 3. The van der Waals surface area contributed by atoms with Gasteiger partial charge in [-0.2, -0.15) is 0 Å². The summed E-state index contributed by atoms with van der Waals surface area (Å²) in [7, 11) is 0. The van der Waals surface area contributed by atoms with Gasteiger partial charge in [0.05, 0.1) is 0 Å². The van der Waals surface area contributed by atoms with E-state index in [0.29, 0.717) is 12.5 Å². The van der Waals surface area contributed by atoms with Gasteiger partial charge < -0.3 is 5.32 Å². The second kappa shape index (κ2) is 5.23. The molecular weight excluding hydrogens is 276 g/mol. The lowest BCUT2D eigenvalue weighted by molar-refractivity contribution is 0.150. The van der Waals surface area contributed by atoms with Gasteiger partial charge in [-0.25, -0.2) is 8.78 Å². The van der Waals surface area contributed by atoms with Crippen LogP contribution in [-0.4, -0.2) is 12.6 Å². The van der Waals surface area contributed by atoms with Crippen LogP contribution < -0.4 is 5.32 Å². The SMILES string of the molecule is FC(F)c1ccc(Br)cc1CC1CCCN1. The molecule has 1 aliphatic rings.